The third-order valence-electron chi connectivity index (χ3n) is 6.50. The van der Waals surface area contributed by atoms with Crippen LogP contribution >= 0.6 is 0 Å². The molecule has 0 aromatic heterocycles. The molecule has 3 rings (SSSR count). The van der Waals surface area contributed by atoms with Gasteiger partial charge in [0.25, 0.3) is 11.8 Å². The normalized spacial score (nSPS) is 16.4. The molecule has 38 heavy (non-hydrogen) atoms. The van der Waals surface area contributed by atoms with Crippen molar-refractivity contribution in [2.75, 3.05) is 91.2 Å². The molecule has 0 saturated carbocycles. The van der Waals surface area contributed by atoms with Gasteiger partial charge in [0, 0.05) is 45.0 Å². The summed E-state index contributed by atoms with van der Waals surface area (Å²) >= 11 is 0. The van der Waals surface area contributed by atoms with E-state index < -0.39 is 17.9 Å². The molecule has 0 bridgehead atoms. The molecule has 2 heterocycles. The molecule has 1 saturated heterocycles. The van der Waals surface area contributed by atoms with Crippen LogP contribution in [0.3, 0.4) is 0 Å². The summed E-state index contributed by atoms with van der Waals surface area (Å²) in [6, 6.07) is 4.01. The lowest BCUT2D eigenvalue weighted by atomic mass is 10.1. The van der Waals surface area contributed by atoms with E-state index in [0.29, 0.717) is 64.3 Å². The highest BCUT2D eigenvalue weighted by molar-refractivity contribution is 6.24. The van der Waals surface area contributed by atoms with Crippen molar-refractivity contribution in [1.29, 1.82) is 0 Å². The van der Waals surface area contributed by atoms with E-state index in [4.69, 9.17) is 9.47 Å². The van der Waals surface area contributed by atoms with E-state index >= 15 is 0 Å². The highest BCUT2D eigenvalue weighted by atomic mass is 16.5. The van der Waals surface area contributed by atoms with E-state index in [1.54, 1.807) is 25.2 Å². The summed E-state index contributed by atoms with van der Waals surface area (Å²) < 4.78 is 11.1. The summed E-state index contributed by atoms with van der Waals surface area (Å²) in [4.78, 5) is 53.3. The zero-order valence-corrected chi connectivity index (χ0v) is 22.1. The molecule has 0 radical (unpaired) electrons. The van der Waals surface area contributed by atoms with Crippen molar-refractivity contribution < 1.29 is 28.7 Å². The quantitative estimate of drug-likeness (QED) is 0.109. The fourth-order valence-electron chi connectivity index (χ4n) is 4.45. The van der Waals surface area contributed by atoms with Crippen LogP contribution in [0.15, 0.2) is 18.2 Å². The van der Waals surface area contributed by atoms with Crippen LogP contribution in [-0.4, -0.2) is 126 Å². The fourth-order valence-corrected chi connectivity index (χ4v) is 4.45. The molecule has 4 N–H and O–H groups in total. The van der Waals surface area contributed by atoms with Crippen LogP contribution in [0, 0.1) is 0 Å². The highest BCUT2D eigenvalue weighted by Gasteiger charge is 2.41. The van der Waals surface area contributed by atoms with Crippen molar-refractivity contribution in [3.63, 3.8) is 0 Å². The van der Waals surface area contributed by atoms with E-state index in [0.717, 1.165) is 37.6 Å². The molecule has 2 aliphatic heterocycles. The second kappa shape index (κ2) is 16.1. The Balaban J connectivity index is 1.34. The SMILES string of the molecule is CNCCCC(C=O)N1C(=O)c2cccc(NCC(=O)NCCOCCOCCN3CCNCC3)c2C1=O. The Bertz CT molecular complexity index is 939. The fraction of sp³-hybridized carbons (Fsp3) is 0.615. The first-order valence-electron chi connectivity index (χ1n) is 13.3. The van der Waals surface area contributed by atoms with Crippen molar-refractivity contribution in [1.82, 2.24) is 25.8 Å². The van der Waals surface area contributed by atoms with Crippen molar-refractivity contribution in [2.45, 2.75) is 18.9 Å². The number of aldehydes is 1. The number of hydrogen-bond acceptors (Lipinski definition) is 10. The molecule has 210 valence electrons. The molecule has 3 amide bonds. The predicted octanol–water partition coefficient (Wildman–Crippen LogP) is -0.684. The van der Waals surface area contributed by atoms with Crippen molar-refractivity contribution in [3.8, 4) is 0 Å². The Hall–Kier alpha value is -2.90. The van der Waals surface area contributed by atoms with E-state index in [2.05, 4.69) is 26.2 Å². The molecule has 1 aromatic rings. The number of anilines is 1. The number of fused-ring (bicyclic) bond motifs is 1. The number of ether oxygens (including phenoxy) is 2. The average molecular weight is 533 g/mol. The molecule has 12 nitrogen and oxygen atoms in total. The molecule has 12 heteroatoms. The molecular weight excluding hydrogens is 492 g/mol. The number of carbonyl (C=O) groups excluding carboxylic acids is 4. The predicted molar refractivity (Wildman–Crippen MR) is 142 cm³/mol. The van der Waals surface area contributed by atoms with Crippen molar-refractivity contribution >= 4 is 29.7 Å². The lowest BCUT2D eigenvalue weighted by Crippen LogP contribution is -2.44. The molecule has 0 aliphatic carbocycles. The third kappa shape index (κ3) is 8.57. The van der Waals surface area contributed by atoms with Crippen LogP contribution in [0.4, 0.5) is 5.69 Å². The topological polar surface area (TPSA) is 141 Å². The van der Waals surface area contributed by atoms with Gasteiger partial charge in [-0.3, -0.25) is 24.2 Å². The van der Waals surface area contributed by atoms with Gasteiger partial charge in [-0.25, -0.2) is 0 Å². The maximum atomic E-state index is 13.1. The zero-order valence-electron chi connectivity index (χ0n) is 22.1. The second-order valence-electron chi connectivity index (χ2n) is 9.18. The van der Waals surface area contributed by atoms with Gasteiger partial charge in [-0.05, 0) is 38.6 Å². The summed E-state index contributed by atoms with van der Waals surface area (Å²) in [6.45, 7) is 7.98. The maximum Gasteiger partial charge on any atom is 0.264 e. The van der Waals surface area contributed by atoms with Gasteiger partial charge >= 0.3 is 0 Å². The Morgan fingerprint density at radius 2 is 1.84 bits per heavy atom. The van der Waals surface area contributed by atoms with Gasteiger partial charge in [0.2, 0.25) is 5.91 Å². The molecule has 1 aromatic carbocycles. The molecule has 0 spiro atoms. The van der Waals surface area contributed by atoms with Crippen molar-refractivity contribution in [3.05, 3.63) is 29.3 Å². The van der Waals surface area contributed by atoms with E-state index in [-0.39, 0.29) is 23.6 Å². The van der Waals surface area contributed by atoms with Gasteiger partial charge in [-0.1, -0.05) is 6.07 Å². The Kier molecular flexibility index (Phi) is 12.6. The van der Waals surface area contributed by atoms with E-state index in [1.807, 2.05) is 0 Å². The number of nitrogens with one attached hydrogen (secondary N) is 4. The largest absolute Gasteiger partial charge is 0.378 e. The molecule has 2 aliphatic rings. The molecule has 1 fully saturated rings. The third-order valence-corrected chi connectivity index (χ3v) is 6.50. The van der Waals surface area contributed by atoms with Crippen molar-refractivity contribution in [2.24, 2.45) is 0 Å². The summed E-state index contributed by atoms with van der Waals surface area (Å²) in [5.74, 6) is -1.30. The first-order chi connectivity index (χ1) is 18.6. The van der Waals surface area contributed by atoms with E-state index in [1.165, 1.54) is 0 Å². The Morgan fingerprint density at radius 3 is 2.58 bits per heavy atom. The summed E-state index contributed by atoms with van der Waals surface area (Å²) in [6.07, 6.45) is 1.66. The minimum atomic E-state index is -0.829. The van der Waals surface area contributed by atoms with E-state index in [9.17, 15) is 19.2 Å². The number of nitrogens with zero attached hydrogens (tertiary/aromatic N) is 2. The molecular formula is C26H40N6O6. The highest BCUT2D eigenvalue weighted by Crippen LogP contribution is 2.31. The second-order valence-corrected chi connectivity index (χ2v) is 9.18. The first kappa shape index (κ1) is 29.7. The minimum absolute atomic E-state index is 0.0771. The van der Waals surface area contributed by atoms with Gasteiger partial charge in [-0.15, -0.1) is 0 Å². The number of amides is 3. The number of imide groups is 1. The van der Waals surface area contributed by atoms with Gasteiger partial charge in [0.15, 0.2) is 0 Å². The van der Waals surface area contributed by atoms with Crippen LogP contribution in [0.1, 0.15) is 33.6 Å². The summed E-state index contributed by atoms with van der Waals surface area (Å²) in [5.41, 5.74) is 0.795. The molecule has 1 atom stereocenters. The minimum Gasteiger partial charge on any atom is -0.378 e. The number of carbonyl (C=O) groups is 4. The number of hydrogen-bond donors (Lipinski definition) is 4. The smallest absolute Gasteiger partial charge is 0.264 e. The van der Waals surface area contributed by atoms with Crippen LogP contribution in [-0.2, 0) is 19.1 Å². The average Bonchev–Trinajstić information content (AvgIpc) is 3.19. The van der Waals surface area contributed by atoms with Crippen LogP contribution in [0.5, 0.6) is 0 Å². The zero-order chi connectivity index (χ0) is 27.2. The van der Waals surface area contributed by atoms with Gasteiger partial charge in [-0.2, -0.15) is 0 Å². The number of rotatable bonds is 18. The lowest BCUT2D eigenvalue weighted by molar-refractivity contribution is -0.119. The van der Waals surface area contributed by atoms with Crippen LogP contribution < -0.4 is 21.3 Å². The maximum absolute atomic E-state index is 13.1. The monoisotopic (exact) mass is 532 g/mol. The number of benzene rings is 1. The molecule has 1 unspecified atom stereocenters. The Labute approximate surface area is 223 Å². The van der Waals surface area contributed by atoms with Gasteiger partial charge < -0.3 is 35.5 Å². The summed E-state index contributed by atoms with van der Waals surface area (Å²) in [7, 11) is 1.80. The van der Waals surface area contributed by atoms with Crippen LogP contribution in [0.2, 0.25) is 0 Å². The lowest BCUT2D eigenvalue weighted by Gasteiger charge is -2.26. The summed E-state index contributed by atoms with van der Waals surface area (Å²) in [5, 5.41) is 12.0. The van der Waals surface area contributed by atoms with Gasteiger partial charge in [0.1, 0.15) is 6.29 Å². The standard InChI is InChI=1S/C26H40N6O6/c1-27-7-3-4-20(19-33)32-25(35)21-5-2-6-22(24(21)26(32)36)30-18-23(34)29-10-14-37-16-17-38-15-13-31-11-8-28-9-12-31/h2,5-6,19-20,27-28,30H,3-4,7-18H2,1H3,(H,29,34). The number of piperazine rings is 1. The van der Waals surface area contributed by atoms with Crippen LogP contribution in [0.25, 0.3) is 0 Å². The first-order valence-corrected chi connectivity index (χ1v) is 13.3. The Morgan fingerprint density at radius 1 is 1.08 bits per heavy atom. The van der Waals surface area contributed by atoms with Gasteiger partial charge in [0.05, 0.1) is 50.1 Å².